The first-order valence-electron chi connectivity index (χ1n) is 6.96. The zero-order valence-corrected chi connectivity index (χ0v) is 13.4. The average molecular weight is 303 g/mol. The Morgan fingerprint density at radius 2 is 2.40 bits per heavy atom. The minimum Gasteiger partial charge on any atom is -0.229 e. The van der Waals surface area contributed by atoms with Crippen LogP contribution in [0.4, 0.5) is 0 Å². The van der Waals surface area contributed by atoms with Crippen LogP contribution in [0.25, 0.3) is 10.2 Å². The second-order valence-corrected chi connectivity index (χ2v) is 7.64. The fraction of sp³-hybridized carbons (Fsp3) is 0.533. The number of rotatable bonds is 3. The molecule has 2 aromatic heterocycles. The van der Waals surface area contributed by atoms with Crippen LogP contribution in [0.3, 0.4) is 0 Å². The summed E-state index contributed by atoms with van der Waals surface area (Å²) in [5.74, 6) is 1.63. The molecule has 0 saturated heterocycles. The van der Waals surface area contributed by atoms with Crippen LogP contribution in [0.2, 0.25) is 0 Å². The zero-order valence-electron chi connectivity index (χ0n) is 11.7. The molecule has 20 heavy (non-hydrogen) atoms. The first-order valence-corrected chi connectivity index (χ1v) is 8.77. The quantitative estimate of drug-likeness (QED) is 0.633. The van der Waals surface area contributed by atoms with Crippen molar-refractivity contribution in [3.8, 4) is 6.07 Å². The molecule has 0 spiro atoms. The molecule has 0 unspecified atom stereocenters. The second-order valence-electron chi connectivity index (χ2n) is 5.55. The first-order chi connectivity index (χ1) is 9.69. The van der Waals surface area contributed by atoms with Gasteiger partial charge in [0.15, 0.2) is 0 Å². The van der Waals surface area contributed by atoms with E-state index in [1.54, 1.807) is 18.1 Å². The summed E-state index contributed by atoms with van der Waals surface area (Å²) < 4.78 is 0. The van der Waals surface area contributed by atoms with Crippen molar-refractivity contribution in [1.29, 1.82) is 5.26 Å². The molecule has 3 nitrogen and oxygen atoms in total. The third-order valence-electron chi connectivity index (χ3n) is 3.75. The van der Waals surface area contributed by atoms with Gasteiger partial charge in [-0.2, -0.15) is 5.26 Å². The monoisotopic (exact) mass is 303 g/mol. The summed E-state index contributed by atoms with van der Waals surface area (Å²) in [7, 11) is 0. The molecule has 3 rings (SSSR count). The van der Waals surface area contributed by atoms with E-state index >= 15 is 0 Å². The predicted molar refractivity (Wildman–Crippen MR) is 84.1 cm³/mol. The molecule has 104 valence electrons. The molecule has 2 atom stereocenters. The van der Waals surface area contributed by atoms with Crippen molar-refractivity contribution in [2.75, 3.05) is 5.75 Å². The van der Waals surface area contributed by atoms with Crippen LogP contribution in [-0.4, -0.2) is 15.7 Å². The molecule has 1 aliphatic rings. The third kappa shape index (κ3) is 2.55. The molecule has 0 amide bonds. The van der Waals surface area contributed by atoms with Gasteiger partial charge in [-0.25, -0.2) is 9.97 Å². The maximum atomic E-state index is 8.91. The summed E-state index contributed by atoms with van der Waals surface area (Å²) in [6, 6.07) is 2.28. The highest BCUT2D eigenvalue weighted by molar-refractivity contribution is 7.99. The van der Waals surface area contributed by atoms with E-state index in [0.717, 1.165) is 27.9 Å². The van der Waals surface area contributed by atoms with Crippen molar-refractivity contribution >= 4 is 33.3 Å². The van der Waals surface area contributed by atoms with Gasteiger partial charge in [0.2, 0.25) is 0 Å². The van der Waals surface area contributed by atoms with Crippen LogP contribution in [0.5, 0.6) is 0 Å². The molecule has 1 aliphatic carbocycles. The number of nitrogens with zero attached hydrogens (tertiary/aromatic N) is 3. The Morgan fingerprint density at radius 1 is 1.55 bits per heavy atom. The maximum absolute atomic E-state index is 8.91. The Hall–Kier alpha value is -1.12. The van der Waals surface area contributed by atoms with E-state index in [-0.39, 0.29) is 5.92 Å². The van der Waals surface area contributed by atoms with Gasteiger partial charge in [-0.15, -0.1) is 23.1 Å². The number of aryl methyl sites for hydroxylation is 1. The Kier molecular flexibility index (Phi) is 3.95. The van der Waals surface area contributed by atoms with Crippen molar-refractivity contribution in [2.24, 2.45) is 11.8 Å². The second kappa shape index (κ2) is 5.71. The van der Waals surface area contributed by atoms with E-state index in [0.29, 0.717) is 0 Å². The van der Waals surface area contributed by atoms with Gasteiger partial charge in [0.25, 0.3) is 0 Å². The fourth-order valence-corrected chi connectivity index (χ4v) is 4.98. The van der Waals surface area contributed by atoms with Gasteiger partial charge < -0.3 is 0 Å². The smallest absolute Gasteiger partial charge is 0.128 e. The minimum atomic E-state index is 0.0551. The number of hydrogen-bond acceptors (Lipinski definition) is 5. The van der Waals surface area contributed by atoms with Crippen molar-refractivity contribution in [3.63, 3.8) is 0 Å². The summed E-state index contributed by atoms with van der Waals surface area (Å²) in [6.45, 7) is 4.28. The van der Waals surface area contributed by atoms with Gasteiger partial charge in [-0.1, -0.05) is 6.92 Å². The van der Waals surface area contributed by atoms with Crippen molar-refractivity contribution in [3.05, 3.63) is 16.8 Å². The van der Waals surface area contributed by atoms with E-state index in [1.165, 1.54) is 28.7 Å². The molecule has 0 N–H and O–H groups in total. The van der Waals surface area contributed by atoms with Gasteiger partial charge in [0.1, 0.15) is 16.2 Å². The SMILES string of the molecule is C[C@@H]1CCc2c(sc3ncnc(SC[C@H](C)C#N)c23)C1. The summed E-state index contributed by atoms with van der Waals surface area (Å²) in [5, 5.41) is 11.2. The molecule has 0 saturated carbocycles. The Bertz CT molecular complexity index is 672. The highest BCUT2D eigenvalue weighted by atomic mass is 32.2. The molecule has 5 heteroatoms. The molecule has 0 radical (unpaired) electrons. The van der Waals surface area contributed by atoms with Crippen LogP contribution >= 0.6 is 23.1 Å². The van der Waals surface area contributed by atoms with Crippen LogP contribution in [0.15, 0.2) is 11.4 Å². The normalized spacial score (nSPS) is 19.6. The third-order valence-corrected chi connectivity index (χ3v) is 6.16. The molecular weight excluding hydrogens is 286 g/mol. The van der Waals surface area contributed by atoms with Crippen LogP contribution in [0.1, 0.15) is 30.7 Å². The van der Waals surface area contributed by atoms with Crippen LogP contribution in [-0.2, 0) is 12.8 Å². The molecular formula is C15H17N3S2. The highest BCUT2D eigenvalue weighted by Gasteiger charge is 2.23. The molecule has 2 aromatic rings. The summed E-state index contributed by atoms with van der Waals surface area (Å²) in [6.07, 6.45) is 5.24. The largest absolute Gasteiger partial charge is 0.229 e. The lowest BCUT2D eigenvalue weighted by Gasteiger charge is -2.18. The molecule has 0 bridgehead atoms. The predicted octanol–water partition coefficient (Wildman–Crippen LogP) is 4.07. The van der Waals surface area contributed by atoms with Crippen LogP contribution in [0, 0.1) is 23.2 Å². The van der Waals surface area contributed by atoms with Gasteiger partial charge in [0.05, 0.1) is 12.0 Å². The van der Waals surface area contributed by atoms with E-state index in [4.69, 9.17) is 5.26 Å². The topological polar surface area (TPSA) is 49.6 Å². The molecule has 0 aliphatic heterocycles. The Labute approximate surface area is 127 Å². The van der Waals surface area contributed by atoms with E-state index < -0.39 is 0 Å². The zero-order chi connectivity index (χ0) is 14.1. The van der Waals surface area contributed by atoms with Gasteiger partial charge in [-0.3, -0.25) is 0 Å². The Morgan fingerprint density at radius 3 is 3.20 bits per heavy atom. The first kappa shape index (κ1) is 13.8. The number of nitriles is 1. The van der Waals surface area contributed by atoms with E-state index in [2.05, 4.69) is 23.0 Å². The van der Waals surface area contributed by atoms with Crippen LogP contribution < -0.4 is 0 Å². The lowest BCUT2D eigenvalue weighted by molar-refractivity contribution is 0.509. The highest BCUT2D eigenvalue weighted by Crippen LogP contribution is 2.40. The van der Waals surface area contributed by atoms with Gasteiger partial charge in [-0.05, 0) is 37.7 Å². The summed E-state index contributed by atoms with van der Waals surface area (Å²) in [5.41, 5.74) is 1.47. The number of aromatic nitrogens is 2. The summed E-state index contributed by atoms with van der Waals surface area (Å²) in [4.78, 5) is 11.5. The minimum absolute atomic E-state index is 0.0551. The standard InChI is InChI=1S/C15H17N3S2/c1-9-3-4-11-12(5-9)20-15-13(11)14(17-8-18-15)19-7-10(2)6-16/h8-10H,3-5,7H2,1-2H3/t9-,10-/m1/s1. The number of fused-ring (bicyclic) bond motifs is 3. The van der Waals surface area contributed by atoms with Gasteiger partial charge >= 0.3 is 0 Å². The maximum Gasteiger partial charge on any atom is 0.128 e. The lowest BCUT2D eigenvalue weighted by atomic mass is 9.89. The van der Waals surface area contributed by atoms with Crippen molar-refractivity contribution in [2.45, 2.75) is 38.1 Å². The van der Waals surface area contributed by atoms with Crippen molar-refractivity contribution in [1.82, 2.24) is 9.97 Å². The fourth-order valence-electron chi connectivity index (χ4n) is 2.60. The van der Waals surface area contributed by atoms with E-state index in [9.17, 15) is 0 Å². The molecule has 2 heterocycles. The lowest BCUT2D eigenvalue weighted by Crippen LogP contribution is -2.08. The molecule has 0 fully saturated rings. The average Bonchev–Trinajstić information content (AvgIpc) is 2.82. The molecule has 0 aromatic carbocycles. The number of hydrogen-bond donors (Lipinski definition) is 0. The number of thioether (sulfide) groups is 1. The van der Waals surface area contributed by atoms with Crippen molar-refractivity contribution < 1.29 is 0 Å². The van der Waals surface area contributed by atoms with Gasteiger partial charge in [0, 0.05) is 16.0 Å². The Balaban J connectivity index is 1.99. The number of thiophene rings is 1. The summed E-state index contributed by atoms with van der Waals surface area (Å²) >= 11 is 3.52. The van der Waals surface area contributed by atoms with E-state index in [1.807, 2.05) is 18.3 Å².